The van der Waals surface area contributed by atoms with Crippen LogP contribution in [0.25, 0.3) is 0 Å². The average molecular weight is 285 g/mol. The van der Waals surface area contributed by atoms with E-state index in [-0.39, 0.29) is 17.4 Å². The zero-order valence-corrected chi connectivity index (χ0v) is 12.9. The highest BCUT2D eigenvalue weighted by Crippen LogP contribution is 2.13. The summed E-state index contributed by atoms with van der Waals surface area (Å²) in [6.07, 6.45) is 1.50. The van der Waals surface area contributed by atoms with E-state index in [1.54, 1.807) is 0 Å². The molecule has 0 bridgehead atoms. The highest BCUT2D eigenvalue weighted by Gasteiger charge is 2.12. The predicted octanol–water partition coefficient (Wildman–Crippen LogP) is 2.08. The van der Waals surface area contributed by atoms with Crippen LogP contribution in [0.5, 0.6) is 0 Å². The van der Waals surface area contributed by atoms with E-state index in [0.717, 1.165) is 5.69 Å². The van der Waals surface area contributed by atoms with Crippen molar-refractivity contribution in [2.75, 3.05) is 23.4 Å². The molecule has 0 saturated heterocycles. The maximum absolute atomic E-state index is 11.7. The molecule has 1 rings (SSSR count). The summed E-state index contributed by atoms with van der Waals surface area (Å²) in [7, 11) is -2.98. The number of sulfone groups is 1. The standard InChI is InChI=1S/C13H23N3O2S/c1-10(2)8-19(17,18)6-5-14-13-7-12(11(3)4)15-9-16-13/h7,9-11H,5-6,8H2,1-4H3,(H,14,15,16). The van der Waals surface area contributed by atoms with Crippen LogP contribution in [0.2, 0.25) is 0 Å². The number of nitrogens with one attached hydrogen (secondary N) is 1. The molecule has 1 aromatic rings. The van der Waals surface area contributed by atoms with Gasteiger partial charge in [-0.2, -0.15) is 0 Å². The minimum absolute atomic E-state index is 0.131. The molecule has 0 radical (unpaired) electrons. The van der Waals surface area contributed by atoms with Crippen LogP contribution in [0.4, 0.5) is 5.82 Å². The second-order valence-corrected chi connectivity index (χ2v) is 7.65. The van der Waals surface area contributed by atoms with Gasteiger partial charge in [0.15, 0.2) is 9.84 Å². The van der Waals surface area contributed by atoms with Crippen LogP contribution in [-0.4, -0.2) is 36.4 Å². The number of hydrogen-bond acceptors (Lipinski definition) is 5. The zero-order valence-electron chi connectivity index (χ0n) is 12.0. The van der Waals surface area contributed by atoms with Gasteiger partial charge in [-0.3, -0.25) is 0 Å². The van der Waals surface area contributed by atoms with E-state index in [1.807, 2.05) is 19.9 Å². The van der Waals surface area contributed by atoms with Crippen LogP contribution in [0.1, 0.15) is 39.3 Å². The van der Waals surface area contributed by atoms with E-state index in [9.17, 15) is 8.42 Å². The minimum Gasteiger partial charge on any atom is -0.369 e. The maximum atomic E-state index is 11.7. The molecule has 1 heterocycles. The maximum Gasteiger partial charge on any atom is 0.152 e. The van der Waals surface area contributed by atoms with Crippen LogP contribution in [0.15, 0.2) is 12.4 Å². The van der Waals surface area contributed by atoms with Gasteiger partial charge < -0.3 is 5.32 Å². The highest BCUT2D eigenvalue weighted by molar-refractivity contribution is 7.91. The SMILES string of the molecule is CC(C)CS(=O)(=O)CCNc1cc(C(C)C)ncn1. The lowest BCUT2D eigenvalue weighted by molar-refractivity contribution is 0.583. The Morgan fingerprint density at radius 1 is 1.21 bits per heavy atom. The number of aromatic nitrogens is 2. The molecular weight excluding hydrogens is 262 g/mol. The molecule has 19 heavy (non-hydrogen) atoms. The van der Waals surface area contributed by atoms with Crippen molar-refractivity contribution in [3.05, 3.63) is 18.1 Å². The quantitative estimate of drug-likeness (QED) is 0.830. The first kappa shape index (κ1) is 15.9. The lowest BCUT2D eigenvalue weighted by Crippen LogP contribution is -2.21. The van der Waals surface area contributed by atoms with Crippen molar-refractivity contribution in [3.63, 3.8) is 0 Å². The molecule has 0 aromatic carbocycles. The second kappa shape index (κ2) is 6.84. The molecule has 0 aliphatic heterocycles. The van der Waals surface area contributed by atoms with E-state index in [1.165, 1.54) is 6.33 Å². The van der Waals surface area contributed by atoms with Gasteiger partial charge in [0.1, 0.15) is 12.1 Å². The second-order valence-electron chi connectivity index (χ2n) is 5.42. The van der Waals surface area contributed by atoms with Gasteiger partial charge in [0, 0.05) is 18.3 Å². The Balaban J connectivity index is 2.52. The van der Waals surface area contributed by atoms with Crippen molar-refractivity contribution in [2.24, 2.45) is 5.92 Å². The van der Waals surface area contributed by atoms with Crippen LogP contribution < -0.4 is 5.32 Å². The minimum atomic E-state index is -2.98. The lowest BCUT2D eigenvalue weighted by Gasteiger charge is -2.10. The molecule has 0 saturated carbocycles. The van der Waals surface area contributed by atoms with Crippen molar-refractivity contribution in [3.8, 4) is 0 Å². The van der Waals surface area contributed by atoms with Crippen LogP contribution in [0, 0.1) is 5.92 Å². The van der Waals surface area contributed by atoms with Crippen LogP contribution >= 0.6 is 0 Å². The van der Waals surface area contributed by atoms with E-state index < -0.39 is 9.84 Å². The van der Waals surface area contributed by atoms with Crippen molar-refractivity contribution < 1.29 is 8.42 Å². The van der Waals surface area contributed by atoms with Gasteiger partial charge in [-0.05, 0) is 11.8 Å². The number of rotatable bonds is 7. The first-order valence-corrected chi connectivity index (χ1v) is 8.38. The Morgan fingerprint density at radius 2 is 1.89 bits per heavy atom. The Labute approximate surface area is 115 Å². The van der Waals surface area contributed by atoms with Gasteiger partial charge in [0.05, 0.1) is 11.5 Å². The summed E-state index contributed by atoms with van der Waals surface area (Å²) in [6.45, 7) is 8.30. The summed E-state index contributed by atoms with van der Waals surface area (Å²) in [6, 6.07) is 1.86. The summed E-state index contributed by atoms with van der Waals surface area (Å²) in [5.74, 6) is 1.53. The Morgan fingerprint density at radius 3 is 2.47 bits per heavy atom. The summed E-state index contributed by atoms with van der Waals surface area (Å²) < 4.78 is 23.5. The Hall–Kier alpha value is -1.17. The highest BCUT2D eigenvalue weighted by atomic mass is 32.2. The molecule has 0 aliphatic rings. The number of anilines is 1. The smallest absolute Gasteiger partial charge is 0.152 e. The largest absolute Gasteiger partial charge is 0.369 e. The van der Waals surface area contributed by atoms with Gasteiger partial charge in [-0.1, -0.05) is 27.7 Å². The van der Waals surface area contributed by atoms with Crippen molar-refractivity contribution in [1.29, 1.82) is 0 Å². The predicted molar refractivity (Wildman–Crippen MR) is 78.1 cm³/mol. The van der Waals surface area contributed by atoms with Gasteiger partial charge in [0.2, 0.25) is 0 Å². The van der Waals surface area contributed by atoms with Gasteiger partial charge in [-0.15, -0.1) is 0 Å². The molecule has 6 heteroatoms. The third kappa shape index (κ3) is 6.00. The van der Waals surface area contributed by atoms with Gasteiger partial charge in [-0.25, -0.2) is 18.4 Å². The van der Waals surface area contributed by atoms with Gasteiger partial charge >= 0.3 is 0 Å². The normalized spacial score (nSPS) is 12.1. The third-order valence-corrected chi connectivity index (χ3v) is 4.59. The monoisotopic (exact) mass is 285 g/mol. The Bertz CT molecular complexity index is 498. The van der Waals surface area contributed by atoms with E-state index in [0.29, 0.717) is 18.3 Å². The summed E-state index contributed by atoms with van der Waals surface area (Å²) in [5.41, 5.74) is 0.947. The summed E-state index contributed by atoms with van der Waals surface area (Å²) in [4.78, 5) is 8.25. The zero-order chi connectivity index (χ0) is 14.5. The molecular formula is C13H23N3O2S. The van der Waals surface area contributed by atoms with Crippen molar-refractivity contribution >= 4 is 15.7 Å². The fourth-order valence-electron chi connectivity index (χ4n) is 1.71. The molecule has 0 spiro atoms. The van der Waals surface area contributed by atoms with Crippen molar-refractivity contribution in [1.82, 2.24) is 9.97 Å². The molecule has 0 amide bonds. The van der Waals surface area contributed by atoms with Gasteiger partial charge in [0.25, 0.3) is 0 Å². The van der Waals surface area contributed by atoms with Crippen LogP contribution in [-0.2, 0) is 9.84 Å². The first-order valence-electron chi connectivity index (χ1n) is 6.56. The number of hydrogen-bond donors (Lipinski definition) is 1. The average Bonchev–Trinajstić information content (AvgIpc) is 2.27. The van der Waals surface area contributed by atoms with E-state index >= 15 is 0 Å². The molecule has 0 aliphatic carbocycles. The fourth-order valence-corrected chi connectivity index (χ4v) is 3.31. The molecule has 5 nitrogen and oxygen atoms in total. The summed E-state index contributed by atoms with van der Waals surface area (Å²) >= 11 is 0. The van der Waals surface area contributed by atoms with E-state index in [4.69, 9.17) is 0 Å². The van der Waals surface area contributed by atoms with Crippen LogP contribution in [0.3, 0.4) is 0 Å². The van der Waals surface area contributed by atoms with Crippen molar-refractivity contribution in [2.45, 2.75) is 33.6 Å². The fraction of sp³-hybridized carbons (Fsp3) is 0.692. The number of nitrogens with zero attached hydrogens (tertiary/aromatic N) is 2. The molecule has 1 aromatic heterocycles. The molecule has 0 atom stereocenters. The third-order valence-electron chi connectivity index (χ3n) is 2.59. The topological polar surface area (TPSA) is 72.0 Å². The lowest BCUT2D eigenvalue weighted by atomic mass is 10.1. The molecule has 108 valence electrons. The summed E-state index contributed by atoms with van der Waals surface area (Å²) in [5, 5.41) is 3.04. The first-order chi connectivity index (χ1) is 8.80. The molecule has 0 unspecified atom stereocenters. The van der Waals surface area contributed by atoms with E-state index in [2.05, 4.69) is 29.1 Å². The Kier molecular flexibility index (Phi) is 5.72. The molecule has 1 N–H and O–H groups in total. The molecule has 0 fully saturated rings.